The molecule has 0 aliphatic heterocycles. The summed E-state index contributed by atoms with van der Waals surface area (Å²) in [5.41, 5.74) is 10.3. The lowest BCUT2D eigenvalue weighted by Crippen LogP contribution is -2.21. The SMILES string of the molecule is NC(=O)Nc1sc(NC(=O)COc2ccc(Cl)cc2)cc1C(N)=O. The second-order valence-corrected chi connectivity index (χ2v) is 5.99. The third-order valence-corrected chi connectivity index (χ3v) is 3.90. The lowest BCUT2D eigenvalue weighted by Gasteiger charge is -2.06. The zero-order chi connectivity index (χ0) is 17.7. The number of benzene rings is 1. The van der Waals surface area contributed by atoms with Gasteiger partial charge in [-0.3, -0.25) is 14.9 Å². The molecule has 10 heteroatoms. The van der Waals surface area contributed by atoms with Crippen LogP contribution < -0.4 is 26.8 Å². The molecule has 1 aromatic heterocycles. The molecule has 8 nitrogen and oxygen atoms in total. The molecule has 1 heterocycles. The van der Waals surface area contributed by atoms with E-state index in [2.05, 4.69) is 10.6 Å². The van der Waals surface area contributed by atoms with Crippen LogP contribution in [0.4, 0.5) is 14.8 Å². The topological polar surface area (TPSA) is 137 Å². The first-order valence-corrected chi connectivity index (χ1v) is 7.73. The summed E-state index contributed by atoms with van der Waals surface area (Å²) in [5.74, 6) is -0.726. The molecule has 0 saturated carbocycles. The summed E-state index contributed by atoms with van der Waals surface area (Å²) in [5, 5.41) is 5.84. The highest BCUT2D eigenvalue weighted by Crippen LogP contribution is 2.31. The molecule has 24 heavy (non-hydrogen) atoms. The number of halogens is 1. The standard InChI is InChI=1S/C14H13ClN4O4S/c15-7-1-3-8(4-2-7)23-6-10(20)18-11-5-9(12(16)21)13(24-11)19-14(17)22/h1-5H,6H2,(H2,16,21)(H,18,20)(H3,17,19,22). The molecule has 0 radical (unpaired) electrons. The number of thiophene rings is 1. The van der Waals surface area contributed by atoms with Gasteiger partial charge in [0.1, 0.15) is 10.8 Å². The van der Waals surface area contributed by atoms with Crippen LogP contribution in [0.15, 0.2) is 30.3 Å². The van der Waals surface area contributed by atoms with Crippen molar-refractivity contribution >= 4 is 50.8 Å². The molecule has 6 N–H and O–H groups in total. The Hall–Kier alpha value is -2.78. The van der Waals surface area contributed by atoms with E-state index in [-0.39, 0.29) is 17.2 Å². The van der Waals surface area contributed by atoms with E-state index in [9.17, 15) is 14.4 Å². The van der Waals surface area contributed by atoms with Crippen LogP contribution in [0, 0.1) is 0 Å². The van der Waals surface area contributed by atoms with Gasteiger partial charge in [0.15, 0.2) is 6.61 Å². The van der Waals surface area contributed by atoms with Gasteiger partial charge in [0, 0.05) is 5.02 Å². The predicted octanol–water partition coefficient (Wildman–Crippen LogP) is 2.01. The number of urea groups is 1. The molecule has 4 amide bonds. The molecule has 0 atom stereocenters. The fourth-order valence-corrected chi connectivity index (χ4v) is 2.80. The van der Waals surface area contributed by atoms with Crippen molar-refractivity contribution in [2.45, 2.75) is 0 Å². The number of hydrogen-bond donors (Lipinski definition) is 4. The van der Waals surface area contributed by atoms with E-state index in [1.165, 1.54) is 6.07 Å². The number of rotatable bonds is 6. The Morgan fingerprint density at radius 2 is 1.79 bits per heavy atom. The smallest absolute Gasteiger partial charge is 0.317 e. The van der Waals surface area contributed by atoms with Crippen LogP contribution in [-0.2, 0) is 4.79 Å². The Kier molecular flexibility index (Phi) is 5.61. The summed E-state index contributed by atoms with van der Waals surface area (Å²) < 4.78 is 5.30. The van der Waals surface area contributed by atoms with Crippen molar-refractivity contribution in [1.29, 1.82) is 0 Å². The molecule has 126 valence electrons. The third-order valence-electron chi connectivity index (χ3n) is 2.68. The fourth-order valence-electron chi connectivity index (χ4n) is 1.69. The maximum absolute atomic E-state index is 11.9. The number of hydrogen-bond acceptors (Lipinski definition) is 5. The van der Waals surface area contributed by atoms with Crippen LogP contribution in [0.2, 0.25) is 5.02 Å². The van der Waals surface area contributed by atoms with Gasteiger partial charge in [-0.2, -0.15) is 0 Å². The zero-order valence-electron chi connectivity index (χ0n) is 12.2. The fraction of sp³-hybridized carbons (Fsp3) is 0.0714. The molecule has 0 aliphatic rings. The molecule has 0 bridgehead atoms. The lowest BCUT2D eigenvalue weighted by molar-refractivity contribution is -0.118. The van der Waals surface area contributed by atoms with Gasteiger partial charge in [-0.05, 0) is 30.3 Å². The maximum atomic E-state index is 11.9. The Morgan fingerprint density at radius 1 is 1.12 bits per heavy atom. The zero-order valence-corrected chi connectivity index (χ0v) is 13.7. The molecule has 2 rings (SSSR count). The second-order valence-electron chi connectivity index (χ2n) is 4.50. The first-order chi connectivity index (χ1) is 11.3. The van der Waals surface area contributed by atoms with Crippen LogP contribution in [0.3, 0.4) is 0 Å². The predicted molar refractivity (Wildman–Crippen MR) is 91.6 cm³/mol. The van der Waals surface area contributed by atoms with Crippen molar-refractivity contribution in [3.05, 3.63) is 40.9 Å². The third kappa shape index (κ3) is 4.86. The highest BCUT2D eigenvalue weighted by atomic mass is 35.5. The minimum Gasteiger partial charge on any atom is -0.484 e. The number of nitrogens with one attached hydrogen (secondary N) is 2. The van der Waals surface area contributed by atoms with E-state index in [0.717, 1.165) is 11.3 Å². The number of ether oxygens (including phenoxy) is 1. The van der Waals surface area contributed by atoms with Crippen molar-refractivity contribution in [2.75, 3.05) is 17.2 Å². The summed E-state index contributed by atoms with van der Waals surface area (Å²) in [4.78, 5) is 34.1. The number of amides is 4. The van der Waals surface area contributed by atoms with Crippen LogP contribution >= 0.6 is 22.9 Å². The van der Waals surface area contributed by atoms with Gasteiger partial charge >= 0.3 is 6.03 Å². The van der Waals surface area contributed by atoms with Gasteiger partial charge in [0.05, 0.1) is 10.6 Å². The van der Waals surface area contributed by atoms with Gasteiger partial charge in [-0.1, -0.05) is 22.9 Å². The molecule has 0 spiro atoms. The number of primary amides is 2. The van der Waals surface area contributed by atoms with Gasteiger partial charge in [0.25, 0.3) is 11.8 Å². The van der Waals surface area contributed by atoms with Crippen molar-refractivity contribution in [2.24, 2.45) is 11.5 Å². The lowest BCUT2D eigenvalue weighted by atomic mass is 10.3. The molecule has 2 aromatic rings. The van der Waals surface area contributed by atoms with E-state index in [1.54, 1.807) is 24.3 Å². The van der Waals surface area contributed by atoms with E-state index in [4.69, 9.17) is 27.8 Å². The average molecular weight is 369 g/mol. The Labute approximate surface area is 145 Å². The second kappa shape index (κ2) is 7.66. The van der Waals surface area contributed by atoms with Crippen molar-refractivity contribution < 1.29 is 19.1 Å². The van der Waals surface area contributed by atoms with Crippen LogP contribution in [-0.4, -0.2) is 24.5 Å². The molecular formula is C14H13ClN4O4S. The minimum absolute atomic E-state index is 0.0488. The summed E-state index contributed by atoms with van der Waals surface area (Å²) in [6, 6.07) is 7.02. The summed E-state index contributed by atoms with van der Waals surface area (Å²) >= 11 is 6.70. The first-order valence-electron chi connectivity index (χ1n) is 6.53. The van der Waals surface area contributed by atoms with Crippen LogP contribution in [0.25, 0.3) is 0 Å². The molecule has 1 aromatic carbocycles. The highest BCUT2D eigenvalue weighted by Gasteiger charge is 2.16. The Bertz CT molecular complexity index is 776. The minimum atomic E-state index is -0.844. The van der Waals surface area contributed by atoms with Gasteiger partial charge in [-0.25, -0.2) is 4.79 Å². The monoisotopic (exact) mass is 368 g/mol. The quantitative estimate of drug-likeness (QED) is 0.619. The van der Waals surface area contributed by atoms with Crippen LogP contribution in [0.1, 0.15) is 10.4 Å². The Morgan fingerprint density at radius 3 is 2.38 bits per heavy atom. The van der Waals surface area contributed by atoms with Gasteiger partial charge in [-0.15, -0.1) is 0 Å². The molecule has 0 aliphatic carbocycles. The number of carbonyl (C=O) groups is 3. The van der Waals surface area contributed by atoms with E-state index >= 15 is 0 Å². The largest absolute Gasteiger partial charge is 0.484 e. The number of carbonyl (C=O) groups excluding carboxylic acids is 3. The highest BCUT2D eigenvalue weighted by molar-refractivity contribution is 7.20. The summed E-state index contributed by atoms with van der Waals surface area (Å²) in [6.45, 7) is -0.246. The summed E-state index contributed by atoms with van der Waals surface area (Å²) in [7, 11) is 0. The molecule has 0 saturated heterocycles. The van der Waals surface area contributed by atoms with Crippen molar-refractivity contribution in [1.82, 2.24) is 0 Å². The normalized spacial score (nSPS) is 10.0. The van der Waals surface area contributed by atoms with E-state index in [1.807, 2.05) is 0 Å². The van der Waals surface area contributed by atoms with Crippen molar-refractivity contribution in [3.63, 3.8) is 0 Å². The van der Waals surface area contributed by atoms with Crippen molar-refractivity contribution in [3.8, 4) is 5.75 Å². The summed E-state index contributed by atoms with van der Waals surface area (Å²) in [6.07, 6.45) is 0. The van der Waals surface area contributed by atoms with Gasteiger partial charge < -0.3 is 21.5 Å². The Balaban J connectivity index is 1.99. The van der Waals surface area contributed by atoms with Gasteiger partial charge in [0.2, 0.25) is 0 Å². The van der Waals surface area contributed by atoms with E-state index in [0.29, 0.717) is 15.8 Å². The molecule has 0 fully saturated rings. The molecule has 0 unspecified atom stereocenters. The number of nitrogens with two attached hydrogens (primary N) is 2. The first kappa shape index (κ1) is 17.6. The maximum Gasteiger partial charge on any atom is 0.317 e. The van der Waals surface area contributed by atoms with Crippen LogP contribution in [0.5, 0.6) is 5.75 Å². The average Bonchev–Trinajstić information content (AvgIpc) is 2.88. The van der Waals surface area contributed by atoms with E-state index < -0.39 is 17.8 Å². The molecular weight excluding hydrogens is 356 g/mol. The number of anilines is 2.